The zero-order valence-electron chi connectivity index (χ0n) is 15.4. The first-order valence-corrected chi connectivity index (χ1v) is 9.26. The second kappa shape index (κ2) is 8.62. The van der Waals surface area contributed by atoms with Gasteiger partial charge < -0.3 is 10.2 Å². The van der Waals surface area contributed by atoms with Crippen LogP contribution in [0.25, 0.3) is 0 Å². The molecular formula is C20H24N4O3. The van der Waals surface area contributed by atoms with Crippen LogP contribution in [0.2, 0.25) is 0 Å². The van der Waals surface area contributed by atoms with Crippen molar-refractivity contribution in [1.82, 2.24) is 10.3 Å². The van der Waals surface area contributed by atoms with Gasteiger partial charge in [-0.15, -0.1) is 0 Å². The second-order valence-corrected chi connectivity index (χ2v) is 6.96. The van der Waals surface area contributed by atoms with E-state index in [2.05, 4.69) is 17.2 Å². The van der Waals surface area contributed by atoms with Gasteiger partial charge >= 0.3 is 0 Å². The molecule has 0 saturated carbocycles. The lowest BCUT2D eigenvalue weighted by atomic mass is 9.98. The van der Waals surface area contributed by atoms with Gasteiger partial charge in [0.05, 0.1) is 4.92 Å². The monoisotopic (exact) mass is 368 g/mol. The maximum Gasteiger partial charge on any atom is 0.293 e. The highest BCUT2D eigenvalue weighted by Crippen LogP contribution is 2.32. The maximum absolute atomic E-state index is 12.4. The van der Waals surface area contributed by atoms with E-state index in [9.17, 15) is 14.9 Å². The number of nitro benzene ring substituents is 1. The number of piperidine rings is 1. The number of benzene rings is 1. The lowest BCUT2D eigenvalue weighted by molar-refractivity contribution is -0.384. The van der Waals surface area contributed by atoms with Crippen molar-refractivity contribution in [2.75, 3.05) is 24.5 Å². The van der Waals surface area contributed by atoms with E-state index >= 15 is 0 Å². The maximum atomic E-state index is 12.4. The van der Waals surface area contributed by atoms with Crippen LogP contribution in [-0.4, -0.2) is 35.4 Å². The van der Waals surface area contributed by atoms with Gasteiger partial charge in [0.25, 0.3) is 11.6 Å². The summed E-state index contributed by atoms with van der Waals surface area (Å²) in [5, 5.41) is 14.3. The molecule has 0 spiro atoms. The second-order valence-electron chi connectivity index (χ2n) is 6.96. The van der Waals surface area contributed by atoms with Gasteiger partial charge in [0.15, 0.2) is 0 Å². The van der Waals surface area contributed by atoms with Crippen LogP contribution >= 0.6 is 0 Å². The molecule has 7 heteroatoms. The predicted octanol–water partition coefficient (Wildman–Crippen LogP) is 3.20. The first-order valence-electron chi connectivity index (χ1n) is 9.26. The number of carbonyl (C=O) groups excluding carboxylic acids is 1. The van der Waals surface area contributed by atoms with Crippen molar-refractivity contribution in [3.05, 3.63) is 64.0 Å². The number of nitro groups is 1. The molecule has 3 rings (SSSR count). The molecule has 2 aromatic rings. The van der Waals surface area contributed by atoms with E-state index in [4.69, 9.17) is 0 Å². The largest absolute Gasteiger partial charge is 0.366 e. The van der Waals surface area contributed by atoms with Gasteiger partial charge in [-0.05, 0) is 43.0 Å². The lowest BCUT2D eigenvalue weighted by Crippen LogP contribution is -2.33. The average molecular weight is 368 g/mol. The number of aromatic nitrogens is 1. The molecule has 0 aliphatic carbocycles. The highest BCUT2D eigenvalue weighted by atomic mass is 16.6. The number of anilines is 1. The molecule has 1 aromatic heterocycles. The third-order valence-electron chi connectivity index (χ3n) is 4.95. The van der Waals surface area contributed by atoms with Crippen LogP contribution in [0.15, 0.2) is 42.6 Å². The molecule has 0 bridgehead atoms. The quantitative estimate of drug-likeness (QED) is 0.625. The molecule has 142 valence electrons. The molecular weight excluding hydrogens is 344 g/mol. The highest BCUT2D eigenvalue weighted by molar-refractivity contribution is 5.95. The number of nitrogens with one attached hydrogen (secondary N) is 1. The Kier molecular flexibility index (Phi) is 6.01. The minimum atomic E-state index is -0.405. The molecule has 0 radical (unpaired) electrons. The fourth-order valence-corrected chi connectivity index (χ4v) is 3.28. The summed E-state index contributed by atoms with van der Waals surface area (Å²) in [6.07, 6.45) is 4.36. The van der Waals surface area contributed by atoms with E-state index < -0.39 is 4.92 Å². The molecule has 2 heterocycles. The Balaban J connectivity index is 1.67. The first kappa shape index (κ1) is 18.8. The number of amides is 1. The van der Waals surface area contributed by atoms with E-state index in [-0.39, 0.29) is 11.6 Å². The third-order valence-corrected chi connectivity index (χ3v) is 4.95. The summed E-state index contributed by atoms with van der Waals surface area (Å²) in [6, 6.07) is 10.4. The fourth-order valence-electron chi connectivity index (χ4n) is 3.28. The summed E-state index contributed by atoms with van der Waals surface area (Å²) in [7, 11) is 0. The number of pyridine rings is 1. The summed E-state index contributed by atoms with van der Waals surface area (Å²) in [5.74, 6) is 0.331. The SMILES string of the molecule is CC1CCN(c2ccc(C(=O)NCCc3ccccn3)cc2[N+](=O)[O-])CC1. The average Bonchev–Trinajstić information content (AvgIpc) is 2.69. The van der Waals surface area contributed by atoms with Gasteiger partial charge in [0.2, 0.25) is 0 Å². The standard InChI is InChI=1S/C20H24N4O3/c1-15-8-12-23(13-9-15)18-6-5-16(14-19(18)24(26)27)20(25)22-11-7-17-4-2-3-10-21-17/h2-6,10,14-15H,7-9,11-13H2,1H3,(H,22,25). The van der Waals surface area contributed by atoms with E-state index in [0.717, 1.165) is 31.6 Å². The molecule has 1 aromatic carbocycles. The zero-order valence-corrected chi connectivity index (χ0v) is 15.4. The molecule has 1 saturated heterocycles. The van der Waals surface area contributed by atoms with Crippen molar-refractivity contribution in [3.8, 4) is 0 Å². The molecule has 7 nitrogen and oxygen atoms in total. The van der Waals surface area contributed by atoms with Gasteiger partial charge in [-0.2, -0.15) is 0 Å². The third kappa shape index (κ3) is 4.81. The number of rotatable bonds is 6. The Hall–Kier alpha value is -2.96. The van der Waals surface area contributed by atoms with Crippen LogP contribution in [0.1, 0.15) is 35.8 Å². The van der Waals surface area contributed by atoms with Gasteiger partial charge in [-0.3, -0.25) is 19.9 Å². The number of nitrogens with zero attached hydrogens (tertiary/aromatic N) is 3. The van der Waals surface area contributed by atoms with Crippen LogP contribution in [0.3, 0.4) is 0 Å². The Labute approximate surface area is 158 Å². The van der Waals surface area contributed by atoms with Crippen LogP contribution in [-0.2, 0) is 6.42 Å². The van der Waals surface area contributed by atoms with Gasteiger partial charge in [-0.25, -0.2) is 0 Å². The van der Waals surface area contributed by atoms with Crippen LogP contribution in [0.5, 0.6) is 0 Å². The smallest absolute Gasteiger partial charge is 0.293 e. The fraction of sp³-hybridized carbons (Fsp3) is 0.400. The normalized spacial score (nSPS) is 14.8. The summed E-state index contributed by atoms with van der Waals surface area (Å²) in [4.78, 5) is 29.8. The topological polar surface area (TPSA) is 88.4 Å². The summed E-state index contributed by atoms with van der Waals surface area (Å²) < 4.78 is 0. The van der Waals surface area contributed by atoms with E-state index in [1.807, 2.05) is 23.1 Å². The van der Waals surface area contributed by atoms with Crippen molar-refractivity contribution in [1.29, 1.82) is 0 Å². The molecule has 27 heavy (non-hydrogen) atoms. The van der Waals surface area contributed by atoms with Crippen LogP contribution in [0.4, 0.5) is 11.4 Å². The van der Waals surface area contributed by atoms with Crippen molar-refractivity contribution in [3.63, 3.8) is 0 Å². The predicted molar refractivity (Wildman–Crippen MR) is 104 cm³/mol. The number of carbonyl (C=O) groups is 1. The van der Waals surface area contributed by atoms with Gasteiger partial charge in [0.1, 0.15) is 5.69 Å². The minimum absolute atomic E-state index is 0.0121. The molecule has 1 amide bonds. The summed E-state index contributed by atoms with van der Waals surface area (Å²) in [6.45, 7) is 4.23. The van der Waals surface area contributed by atoms with Crippen molar-refractivity contribution < 1.29 is 9.72 Å². The van der Waals surface area contributed by atoms with Crippen molar-refractivity contribution in [2.45, 2.75) is 26.2 Å². The number of hydrogen-bond donors (Lipinski definition) is 1. The Morgan fingerprint density at radius 1 is 1.30 bits per heavy atom. The molecule has 1 aliphatic heterocycles. The summed E-state index contributed by atoms with van der Waals surface area (Å²) in [5.41, 5.74) is 1.77. The van der Waals surface area contributed by atoms with Crippen LogP contribution < -0.4 is 10.2 Å². The van der Waals surface area contributed by atoms with E-state index in [1.165, 1.54) is 6.07 Å². The van der Waals surface area contributed by atoms with Crippen LogP contribution in [0, 0.1) is 16.0 Å². The molecule has 1 N–H and O–H groups in total. The van der Waals surface area contributed by atoms with Crippen molar-refractivity contribution >= 4 is 17.3 Å². The lowest BCUT2D eigenvalue weighted by Gasteiger charge is -2.31. The van der Waals surface area contributed by atoms with E-state index in [1.54, 1.807) is 18.3 Å². The van der Waals surface area contributed by atoms with E-state index in [0.29, 0.717) is 30.1 Å². The van der Waals surface area contributed by atoms with Gasteiger partial charge in [-0.1, -0.05) is 13.0 Å². The minimum Gasteiger partial charge on any atom is -0.366 e. The Bertz CT molecular complexity index is 802. The van der Waals surface area contributed by atoms with Crippen molar-refractivity contribution in [2.24, 2.45) is 5.92 Å². The first-order chi connectivity index (χ1) is 13.0. The Morgan fingerprint density at radius 3 is 2.74 bits per heavy atom. The zero-order chi connectivity index (χ0) is 19.2. The highest BCUT2D eigenvalue weighted by Gasteiger charge is 2.24. The molecule has 0 atom stereocenters. The Morgan fingerprint density at radius 2 is 2.07 bits per heavy atom. The molecule has 0 unspecified atom stereocenters. The number of hydrogen-bond acceptors (Lipinski definition) is 5. The molecule has 1 aliphatic rings. The summed E-state index contributed by atoms with van der Waals surface area (Å²) >= 11 is 0. The van der Waals surface area contributed by atoms with Gasteiger partial charge in [0, 0.05) is 49.6 Å². The molecule has 1 fully saturated rings.